The van der Waals surface area contributed by atoms with Gasteiger partial charge in [0.2, 0.25) is 5.91 Å². The summed E-state index contributed by atoms with van der Waals surface area (Å²) in [6, 6.07) is 9.90. The van der Waals surface area contributed by atoms with Crippen molar-refractivity contribution in [3.8, 4) is 0 Å². The van der Waals surface area contributed by atoms with Crippen LogP contribution in [-0.4, -0.2) is 15.5 Å². The highest BCUT2D eigenvalue weighted by molar-refractivity contribution is 7.25. The van der Waals surface area contributed by atoms with Crippen LogP contribution in [0.25, 0.3) is 20.3 Å². The number of amides is 1. The van der Waals surface area contributed by atoms with Crippen LogP contribution in [0.2, 0.25) is 0 Å². The van der Waals surface area contributed by atoms with Crippen molar-refractivity contribution >= 4 is 43.2 Å². The summed E-state index contributed by atoms with van der Waals surface area (Å²) in [5.41, 5.74) is 0.301. The smallest absolute Gasteiger partial charge is 0.271 e. The van der Waals surface area contributed by atoms with Crippen molar-refractivity contribution in [3.63, 3.8) is 0 Å². The van der Waals surface area contributed by atoms with Crippen LogP contribution in [0.3, 0.4) is 0 Å². The fourth-order valence-electron chi connectivity index (χ4n) is 2.67. The Bertz CT molecular complexity index is 1200. The largest absolute Gasteiger partial charge is 0.325 e. The number of aromatic nitrogens is 2. The maximum atomic E-state index is 14.0. The lowest BCUT2D eigenvalue weighted by Crippen LogP contribution is -2.27. The first kappa shape index (κ1) is 16.3. The van der Waals surface area contributed by atoms with Crippen LogP contribution in [0.15, 0.2) is 53.6 Å². The van der Waals surface area contributed by atoms with Crippen molar-refractivity contribution in [1.29, 1.82) is 0 Å². The van der Waals surface area contributed by atoms with Gasteiger partial charge in [0, 0.05) is 10.4 Å². The molecule has 0 aliphatic carbocycles. The summed E-state index contributed by atoms with van der Waals surface area (Å²) < 4.78 is 29.0. The van der Waals surface area contributed by atoms with E-state index in [9.17, 15) is 18.4 Å². The number of thiophene rings is 1. The normalized spacial score (nSPS) is 11.2. The number of carbonyl (C=O) groups excluding carboxylic acids is 1. The minimum atomic E-state index is -0.452. The van der Waals surface area contributed by atoms with Gasteiger partial charge in [0.05, 0.1) is 17.2 Å². The number of anilines is 1. The highest BCUT2D eigenvalue weighted by Crippen LogP contribution is 2.31. The maximum Gasteiger partial charge on any atom is 0.271 e. The lowest BCUT2D eigenvalue weighted by atomic mass is 10.2. The van der Waals surface area contributed by atoms with Crippen LogP contribution in [0.1, 0.15) is 0 Å². The molecule has 0 bridgehead atoms. The second kappa shape index (κ2) is 6.30. The standard InChI is InChI=1S/C18H11F2N3O2S/c19-10-4-6-11(7-5-10)22-14(24)8-23-9-21-16-15-12(20)2-1-3-13(15)26-17(16)18(23)25/h1-7,9H,8H2,(H,22,24). The molecule has 0 fully saturated rings. The zero-order valence-corrected chi connectivity index (χ0v) is 14.0. The van der Waals surface area contributed by atoms with Gasteiger partial charge in [-0.15, -0.1) is 11.3 Å². The fourth-order valence-corrected chi connectivity index (χ4v) is 3.79. The second-order valence-electron chi connectivity index (χ2n) is 5.63. The Kier molecular flexibility index (Phi) is 3.96. The molecule has 0 unspecified atom stereocenters. The maximum absolute atomic E-state index is 14.0. The molecule has 26 heavy (non-hydrogen) atoms. The number of hydrogen-bond acceptors (Lipinski definition) is 4. The van der Waals surface area contributed by atoms with Gasteiger partial charge in [0.25, 0.3) is 5.56 Å². The summed E-state index contributed by atoms with van der Waals surface area (Å²) in [7, 11) is 0. The second-order valence-corrected chi connectivity index (χ2v) is 6.68. The van der Waals surface area contributed by atoms with Gasteiger partial charge in [-0.3, -0.25) is 14.2 Å². The number of hydrogen-bond donors (Lipinski definition) is 1. The Hall–Kier alpha value is -3.13. The number of carbonyl (C=O) groups is 1. The Balaban J connectivity index is 1.66. The lowest BCUT2D eigenvalue weighted by Gasteiger charge is -2.07. The quantitative estimate of drug-likeness (QED) is 0.599. The SMILES string of the molecule is O=C(Cn1cnc2c(sc3cccc(F)c32)c1=O)Nc1ccc(F)cc1. The number of rotatable bonds is 3. The average Bonchev–Trinajstić information content (AvgIpc) is 3.00. The highest BCUT2D eigenvalue weighted by atomic mass is 32.1. The van der Waals surface area contributed by atoms with Crippen molar-refractivity contribution in [2.45, 2.75) is 6.54 Å². The van der Waals surface area contributed by atoms with E-state index >= 15 is 0 Å². The summed E-state index contributed by atoms with van der Waals surface area (Å²) in [5, 5.41) is 2.89. The summed E-state index contributed by atoms with van der Waals surface area (Å²) in [5.74, 6) is -1.30. The minimum Gasteiger partial charge on any atom is -0.325 e. The predicted molar refractivity (Wildman–Crippen MR) is 96.4 cm³/mol. The van der Waals surface area contributed by atoms with Crippen molar-refractivity contribution in [2.24, 2.45) is 0 Å². The van der Waals surface area contributed by atoms with Crippen molar-refractivity contribution in [1.82, 2.24) is 9.55 Å². The molecule has 0 saturated carbocycles. The third-order valence-corrected chi connectivity index (χ3v) is 4.99. The summed E-state index contributed by atoms with van der Waals surface area (Å²) in [6.45, 7) is -0.254. The Labute approximate surface area is 149 Å². The van der Waals surface area contributed by atoms with Crippen LogP contribution in [0.5, 0.6) is 0 Å². The molecular formula is C18H11F2N3O2S. The molecule has 0 aliphatic rings. The fraction of sp³-hybridized carbons (Fsp3) is 0.0556. The number of nitrogens with zero attached hydrogens (tertiary/aromatic N) is 2. The number of halogens is 2. The van der Waals surface area contributed by atoms with E-state index in [0.717, 1.165) is 15.9 Å². The van der Waals surface area contributed by atoms with E-state index in [1.165, 1.54) is 36.7 Å². The van der Waals surface area contributed by atoms with Gasteiger partial charge >= 0.3 is 0 Å². The zero-order valence-electron chi connectivity index (χ0n) is 13.2. The van der Waals surface area contributed by atoms with Crippen LogP contribution < -0.4 is 10.9 Å². The average molecular weight is 371 g/mol. The molecule has 0 spiro atoms. The number of nitrogens with one attached hydrogen (secondary N) is 1. The molecule has 0 saturated heterocycles. The van der Waals surface area contributed by atoms with E-state index in [4.69, 9.17) is 0 Å². The van der Waals surface area contributed by atoms with Gasteiger partial charge in [0.15, 0.2) is 0 Å². The van der Waals surface area contributed by atoms with E-state index in [1.807, 2.05) is 0 Å². The van der Waals surface area contributed by atoms with E-state index in [-0.39, 0.29) is 6.54 Å². The minimum absolute atomic E-state index is 0.254. The number of benzene rings is 2. The third kappa shape index (κ3) is 2.84. The van der Waals surface area contributed by atoms with Gasteiger partial charge < -0.3 is 5.32 Å². The predicted octanol–water partition coefficient (Wildman–Crippen LogP) is 3.53. The van der Waals surface area contributed by atoms with Gasteiger partial charge in [0.1, 0.15) is 22.9 Å². The van der Waals surface area contributed by atoms with Crippen molar-refractivity contribution in [2.75, 3.05) is 5.32 Å². The van der Waals surface area contributed by atoms with Gasteiger partial charge in [-0.1, -0.05) is 6.07 Å². The molecule has 0 aliphatic heterocycles. The molecule has 2 aromatic heterocycles. The topological polar surface area (TPSA) is 64.0 Å². The van der Waals surface area contributed by atoms with E-state index < -0.39 is 23.1 Å². The molecule has 2 heterocycles. The van der Waals surface area contributed by atoms with E-state index in [2.05, 4.69) is 10.3 Å². The summed E-state index contributed by atoms with van der Waals surface area (Å²) in [6.07, 6.45) is 1.23. The molecule has 1 N–H and O–H groups in total. The molecule has 130 valence electrons. The molecule has 2 aromatic carbocycles. The first-order chi connectivity index (χ1) is 12.5. The monoisotopic (exact) mass is 371 g/mol. The Morgan fingerprint density at radius 1 is 1.15 bits per heavy atom. The van der Waals surface area contributed by atoms with Crippen LogP contribution in [0, 0.1) is 11.6 Å². The molecule has 5 nitrogen and oxygen atoms in total. The molecule has 4 aromatic rings. The van der Waals surface area contributed by atoms with Gasteiger partial charge in [-0.25, -0.2) is 13.8 Å². The zero-order chi connectivity index (χ0) is 18.3. The van der Waals surface area contributed by atoms with Crippen LogP contribution >= 0.6 is 11.3 Å². The molecule has 0 radical (unpaired) electrons. The summed E-state index contributed by atoms with van der Waals surface area (Å²) in [4.78, 5) is 28.9. The Morgan fingerprint density at radius 3 is 2.69 bits per heavy atom. The molecule has 1 amide bonds. The van der Waals surface area contributed by atoms with E-state index in [0.29, 0.717) is 26.0 Å². The third-order valence-electron chi connectivity index (χ3n) is 3.86. The molecule has 4 rings (SSSR count). The molecule has 0 atom stereocenters. The summed E-state index contributed by atoms with van der Waals surface area (Å²) >= 11 is 1.14. The van der Waals surface area contributed by atoms with Gasteiger partial charge in [-0.2, -0.15) is 0 Å². The first-order valence-electron chi connectivity index (χ1n) is 7.64. The number of fused-ring (bicyclic) bond motifs is 3. The van der Waals surface area contributed by atoms with Crippen molar-refractivity contribution < 1.29 is 13.6 Å². The first-order valence-corrected chi connectivity index (χ1v) is 8.46. The van der Waals surface area contributed by atoms with Crippen molar-refractivity contribution in [3.05, 3.63) is 70.8 Å². The van der Waals surface area contributed by atoms with Gasteiger partial charge in [-0.05, 0) is 36.4 Å². The lowest BCUT2D eigenvalue weighted by molar-refractivity contribution is -0.116. The molecule has 8 heteroatoms. The van der Waals surface area contributed by atoms with Crippen LogP contribution in [-0.2, 0) is 11.3 Å². The Morgan fingerprint density at radius 2 is 1.92 bits per heavy atom. The van der Waals surface area contributed by atoms with E-state index in [1.54, 1.807) is 12.1 Å². The molecular weight excluding hydrogens is 360 g/mol. The highest BCUT2D eigenvalue weighted by Gasteiger charge is 2.15. The van der Waals surface area contributed by atoms with Crippen LogP contribution in [0.4, 0.5) is 14.5 Å².